The normalized spacial score (nSPS) is 11.2. The van der Waals surface area contributed by atoms with E-state index in [1.54, 1.807) is 11.3 Å². The Balaban J connectivity index is 2.47. The third-order valence-corrected chi connectivity index (χ3v) is 3.27. The van der Waals surface area contributed by atoms with Crippen LogP contribution < -0.4 is 0 Å². The first-order valence-electron chi connectivity index (χ1n) is 5.56. The van der Waals surface area contributed by atoms with E-state index in [0.717, 1.165) is 38.2 Å². The number of aliphatic hydroxyl groups is 1. The van der Waals surface area contributed by atoms with Gasteiger partial charge >= 0.3 is 0 Å². The quantitative estimate of drug-likeness (QED) is 0.774. The van der Waals surface area contributed by atoms with Crippen molar-refractivity contribution in [3.8, 4) is 0 Å². The average molecular weight is 228 g/mol. The molecular weight excluding hydrogens is 208 g/mol. The Morgan fingerprint density at radius 2 is 2.27 bits per heavy atom. The van der Waals surface area contributed by atoms with Crippen LogP contribution in [0.3, 0.4) is 0 Å². The molecule has 15 heavy (non-hydrogen) atoms. The van der Waals surface area contributed by atoms with Crippen molar-refractivity contribution in [3.63, 3.8) is 0 Å². The molecule has 0 bridgehead atoms. The van der Waals surface area contributed by atoms with Gasteiger partial charge in [-0.05, 0) is 19.4 Å². The molecule has 1 aromatic heterocycles. The predicted octanol–water partition coefficient (Wildman–Crippen LogP) is 1.91. The highest BCUT2D eigenvalue weighted by molar-refractivity contribution is 7.09. The summed E-state index contributed by atoms with van der Waals surface area (Å²) in [5, 5.41) is 12.2. The third kappa shape index (κ3) is 4.28. The largest absolute Gasteiger partial charge is 0.395 e. The maximum atomic E-state index is 8.88. The van der Waals surface area contributed by atoms with Gasteiger partial charge in [-0.3, -0.25) is 4.90 Å². The Bertz CT molecular complexity index is 275. The monoisotopic (exact) mass is 228 g/mol. The van der Waals surface area contributed by atoms with Crippen LogP contribution in [0.25, 0.3) is 0 Å². The van der Waals surface area contributed by atoms with Gasteiger partial charge < -0.3 is 5.11 Å². The summed E-state index contributed by atoms with van der Waals surface area (Å²) in [5.41, 5.74) is 1.14. The Morgan fingerprint density at radius 3 is 2.87 bits per heavy atom. The van der Waals surface area contributed by atoms with Crippen molar-refractivity contribution in [2.24, 2.45) is 0 Å². The maximum Gasteiger partial charge on any atom is 0.0928 e. The zero-order valence-electron chi connectivity index (χ0n) is 9.57. The number of nitrogens with zero attached hydrogens (tertiary/aromatic N) is 2. The van der Waals surface area contributed by atoms with Gasteiger partial charge in [0, 0.05) is 18.5 Å². The van der Waals surface area contributed by atoms with Crippen LogP contribution >= 0.6 is 11.3 Å². The van der Waals surface area contributed by atoms with Crippen LogP contribution in [-0.2, 0) is 13.0 Å². The molecule has 0 atom stereocenters. The van der Waals surface area contributed by atoms with Gasteiger partial charge in [0.1, 0.15) is 0 Å². The molecule has 0 aliphatic rings. The second-order valence-electron chi connectivity index (χ2n) is 3.57. The number of aliphatic hydroxyl groups excluding tert-OH is 1. The summed E-state index contributed by atoms with van der Waals surface area (Å²) >= 11 is 1.74. The molecule has 3 nitrogen and oxygen atoms in total. The van der Waals surface area contributed by atoms with E-state index in [-0.39, 0.29) is 6.61 Å². The molecule has 0 radical (unpaired) electrons. The van der Waals surface area contributed by atoms with Gasteiger partial charge in [-0.15, -0.1) is 11.3 Å². The van der Waals surface area contributed by atoms with Gasteiger partial charge in [0.25, 0.3) is 0 Å². The lowest BCUT2D eigenvalue weighted by atomic mass is 10.3. The van der Waals surface area contributed by atoms with Gasteiger partial charge in [0.2, 0.25) is 0 Å². The van der Waals surface area contributed by atoms with E-state index < -0.39 is 0 Å². The van der Waals surface area contributed by atoms with Crippen LogP contribution in [0, 0.1) is 0 Å². The van der Waals surface area contributed by atoms with E-state index in [2.05, 4.69) is 29.1 Å². The molecule has 1 heterocycles. The Labute approximate surface area is 95.8 Å². The van der Waals surface area contributed by atoms with E-state index in [0.29, 0.717) is 0 Å². The lowest BCUT2D eigenvalue weighted by Gasteiger charge is -2.17. The summed E-state index contributed by atoms with van der Waals surface area (Å²) in [6.45, 7) is 7.05. The topological polar surface area (TPSA) is 36.4 Å². The van der Waals surface area contributed by atoms with Gasteiger partial charge in [-0.25, -0.2) is 4.98 Å². The SMILES string of the molecule is CCCc1nc(CN(CC)CCO)cs1. The second-order valence-corrected chi connectivity index (χ2v) is 4.52. The lowest BCUT2D eigenvalue weighted by molar-refractivity contribution is 0.195. The highest BCUT2D eigenvalue weighted by Crippen LogP contribution is 2.13. The zero-order valence-corrected chi connectivity index (χ0v) is 10.4. The van der Waals surface area contributed by atoms with E-state index in [4.69, 9.17) is 5.11 Å². The number of aromatic nitrogens is 1. The van der Waals surface area contributed by atoms with Crippen LogP contribution in [0.1, 0.15) is 31.0 Å². The van der Waals surface area contributed by atoms with Crippen molar-refractivity contribution in [3.05, 3.63) is 16.1 Å². The smallest absolute Gasteiger partial charge is 0.0928 e. The first-order valence-corrected chi connectivity index (χ1v) is 6.44. The fourth-order valence-electron chi connectivity index (χ4n) is 1.47. The molecule has 0 aliphatic heterocycles. The number of thiazole rings is 1. The van der Waals surface area contributed by atoms with Crippen molar-refractivity contribution < 1.29 is 5.11 Å². The van der Waals surface area contributed by atoms with Gasteiger partial charge in [0.05, 0.1) is 17.3 Å². The minimum Gasteiger partial charge on any atom is -0.395 e. The molecule has 86 valence electrons. The number of hydrogen-bond donors (Lipinski definition) is 1. The average Bonchev–Trinajstić information content (AvgIpc) is 2.66. The molecule has 0 spiro atoms. The maximum absolute atomic E-state index is 8.88. The Morgan fingerprint density at radius 1 is 1.47 bits per heavy atom. The lowest BCUT2D eigenvalue weighted by Crippen LogP contribution is -2.26. The molecule has 1 N–H and O–H groups in total. The van der Waals surface area contributed by atoms with E-state index in [9.17, 15) is 0 Å². The minimum atomic E-state index is 0.222. The molecule has 0 saturated carbocycles. The van der Waals surface area contributed by atoms with Crippen LogP contribution in [0.5, 0.6) is 0 Å². The zero-order chi connectivity index (χ0) is 11.1. The summed E-state index contributed by atoms with van der Waals surface area (Å²) in [4.78, 5) is 6.76. The fraction of sp³-hybridized carbons (Fsp3) is 0.727. The Hall–Kier alpha value is -0.450. The van der Waals surface area contributed by atoms with Crippen LogP contribution in [0.15, 0.2) is 5.38 Å². The standard InChI is InChI=1S/C11H20N2OS/c1-3-5-11-12-10(9-15-11)8-13(4-2)6-7-14/h9,14H,3-8H2,1-2H3. The number of aryl methyl sites for hydroxylation is 1. The van der Waals surface area contributed by atoms with Crippen molar-refractivity contribution >= 4 is 11.3 Å². The highest BCUT2D eigenvalue weighted by atomic mass is 32.1. The van der Waals surface area contributed by atoms with E-state index in [1.807, 2.05) is 0 Å². The van der Waals surface area contributed by atoms with Gasteiger partial charge in [0.15, 0.2) is 0 Å². The molecule has 0 fully saturated rings. The minimum absolute atomic E-state index is 0.222. The van der Waals surface area contributed by atoms with Crippen molar-refractivity contribution in [2.75, 3.05) is 19.7 Å². The van der Waals surface area contributed by atoms with E-state index >= 15 is 0 Å². The van der Waals surface area contributed by atoms with Crippen molar-refractivity contribution in [1.29, 1.82) is 0 Å². The number of likely N-dealkylation sites (N-methyl/N-ethyl adjacent to an activating group) is 1. The van der Waals surface area contributed by atoms with Gasteiger partial charge in [-0.2, -0.15) is 0 Å². The van der Waals surface area contributed by atoms with Crippen molar-refractivity contribution in [2.45, 2.75) is 33.2 Å². The van der Waals surface area contributed by atoms with Crippen LogP contribution in [0.4, 0.5) is 0 Å². The molecular formula is C11H20N2OS. The van der Waals surface area contributed by atoms with Crippen molar-refractivity contribution in [1.82, 2.24) is 9.88 Å². The fourth-order valence-corrected chi connectivity index (χ4v) is 2.36. The first-order chi connectivity index (χ1) is 7.30. The highest BCUT2D eigenvalue weighted by Gasteiger charge is 2.06. The molecule has 0 saturated heterocycles. The molecule has 1 rings (SSSR count). The summed E-state index contributed by atoms with van der Waals surface area (Å²) in [6.07, 6.45) is 2.23. The predicted molar refractivity (Wildman–Crippen MR) is 64.1 cm³/mol. The first kappa shape index (κ1) is 12.6. The summed E-state index contributed by atoms with van der Waals surface area (Å²) in [6, 6.07) is 0. The Kier molecular flexibility index (Phi) is 5.83. The summed E-state index contributed by atoms with van der Waals surface area (Å²) in [7, 11) is 0. The summed E-state index contributed by atoms with van der Waals surface area (Å²) in [5.74, 6) is 0. The summed E-state index contributed by atoms with van der Waals surface area (Å²) < 4.78 is 0. The molecule has 1 aromatic rings. The molecule has 0 aromatic carbocycles. The van der Waals surface area contributed by atoms with Crippen LogP contribution in [0.2, 0.25) is 0 Å². The third-order valence-electron chi connectivity index (χ3n) is 2.31. The second kappa shape index (κ2) is 6.93. The molecule has 0 aliphatic carbocycles. The number of hydrogen-bond acceptors (Lipinski definition) is 4. The molecule has 4 heteroatoms. The van der Waals surface area contributed by atoms with Crippen LogP contribution in [-0.4, -0.2) is 34.7 Å². The van der Waals surface area contributed by atoms with Gasteiger partial charge in [-0.1, -0.05) is 13.8 Å². The molecule has 0 amide bonds. The van der Waals surface area contributed by atoms with E-state index in [1.165, 1.54) is 5.01 Å². The number of rotatable bonds is 7. The molecule has 0 unspecified atom stereocenters.